The first-order valence-electron chi connectivity index (χ1n) is 17.4. The van der Waals surface area contributed by atoms with Gasteiger partial charge in [0.15, 0.2) is 16.4 Å². The van der Waals surface area contributed by atoms with Gasteiger partial charge >= 0.3 is 0 Å². The standard InChI is InChI=1S/C18H13ClN4OS.C14H12ClN3O3S2.C6H7N.C2H4O2.2CH4/c1-11-6-5-9-13(19)14(11)23-10-20-16-15(17(23)24)25-18(22-16)21-12-7-3-2-4-8-12;1-3-23(20,21)14-17-12-11(22-14)13(19)18(7-16-12)10-8(2)5-4-6-9(10)15;7-6-4-2-1-3-5-6;1-2(3)4;;/h2-10H,1H3,(H,21,22);4-7H,3H2,1-2H3;1-5H,7H2;1H3,(H,3,4);2*1H4. The van der Waals surface area contributed by atoms with Gasteiger partial charge in [0.05, 0.1) is 27.2 Å². The van der Waals surface area contributed by atoms with E-state index in [1.807, 2.05) is 92.7 Å². The molecule has 4 aromatic heterocycles. The minimum atomic E-state index is -3.48. The molecule has 0 aliphatic heterocycles. The number of nitrogen functional groups attached to an aromatic ring is 1. The predicted octanol–water partition coefficient (Wildman–Crippen LogP) is 9.78. The lowest BCUT2D eigenvalue weighted by atomic mass is 10.2. The molecular weight excluding hydrogens is 880 g/mol. The zero-order valence-corrected chi connectivity index (χ0v) is 35.8. The fraction of sp³-hybridized carbons (Fsp3) is 0.167. The molecule has 0 aliphatic rings. The number of halogens is 2. The minimum absolute atomic E-state index is 0. The molecule has 0 spiro atoms. The SMILES string of the molecule is C.C.CC(=O)O.CCS(=O)(=O)c1nc2ncn(-c3c(C)cccc3Cl)c(=O)c2s1.Cc1cccc(Cl)c1-n1cnc2nc(Nc3ccccc3)sc2c1=O.Nc1ccccc1. The molecule has 61 heavy (non-hydrogen) atoms. The largest absolute Gasteiger partial charge is 0.481 e. The molecule has 19 heteroatoms. The highest BCUT2D eigenvalue weighted by Crippen LogP contribution is 2.28. The molecule has 0 radical (unpaired) electrons. The van der Waals surface area contributed by atoms with Crippen molar-refractivity contribution in [3.05, 3.63) is 152 Å². The number of rotatable bonds is 6. The van der Waals surface area contributed by atoms with Crippen molar-refractivity contribution < 1.29 is 18.3 Å². The van der Waals surface area contributed by atoms with Crippen LogP contribution in [0.15, 0.2) is 124 Å². The lowest BCUT2D eigenvalue weighted by Gasteiger charge is -2.10. The Morgan fingerprint density at radius 2 is 1.18 bits per heavy atom. The van der Waals surface area contributed by atoms with Crippen molar-refractivity contribution in [2.75, 3.05) is 16.8 Å². The zero-order chi connectivity index (χ0) is 42.9. The van der Waals surface area contributed by atoms with Gasteiger partial charge in [-0.1, -0.05) is 128 Å². The van der Waals surface area contributed by atoms with E-state index >= 15 is 0 Å². The van der Waals surface area contributed by atoms with Crippen molar-refractivity contribution in [2.24, 2.45) is 0 Å². The Hall–Kier alpha value is -5.98. The summed E-state index contributed by atoms with van der Waals surface area (Å²) in [6.45, 7) is 6.35. The fourth-order valence-electron chi connectivity index (χ4n) is 5.19. The Morgan fingerprint density at radius 3 is 1.61 bits per heavy atom. The first kappa shape index (κ1) is 49.4. The second-order valence-electron chi connectivity index (χ2n) is 12.3. The molecule has 8 aromatic rings. The van der Waals surface area contributed by atoms with E-state index < -0.39 is 15.8 Å². The summed E-state index contributed by atoms with van der Waals surface area (Å²) < 4.78 is 27.3. The summed E-state index contributed by atoms with van der Waals surface area (Å²) in [5, 5.41) is 12.2. The van der Waals surface area contributed by atoms with Crippen LogP contribution in [0.25, 0.3) is 32.1 Å². The van der Waals surface area contributed by atoms with Gasteiger partial charge in [-0.05, 0) is 61.4 Å². The topological polar surface area (TPSA) is 205 Å². The van der Waals surface area contributed by atoms with E-state index in [4.69, 9.17) is 38.8 Å². The van der Waals surface area contributed by atoms with Crippen LogP contribution in [0.4, 0.5) is 16.5 Å². The number of aliphatic carboxylic acids is 1. The number of carbonyl (C=O) groups is 1. The number of sulfone groups is 1. The maximum absolute atomic E-state index is 12.9. The van der Waals surface area contributed by atoms with Crippen LogP contribution in [0.1, 0.15) is 39.8 Å². The van der Waals surface area contributed by atoms with Crippen LogP contribution in [-0.2, 0) is 14.6 Å². The molecule has 0 fully saturated rings. The number of nitrogens with two attached hydrogens (primary N) is 1. The monoisotopic (exact) mass is 922 g/mol. The number of aromatic nitrogens is 6. The average Bonchev–Trinajstić information content (AvgIpc) is 3.83. The summed E-state index contributed by atoms with van der Waals surface area (Å²) in [4.78, 5) is 51.4. The molecule has 14 nitrogen and oxygen atoms in total. The molecule has 4 aromatic carbocycles. The van der Waals surface area contributed by atoms with Crippen molar-refractivity contribution in [2.45, 2.75) is 46.9 Å². The fourth-order valence-corrected chi connectivity index (χ4v) is 8.95. The number of hydrogen-bond donors (Lipinski definition) is 3. The molecule has 0 saturated carbocycles. The van der Waals surface area contributed by atoms with Gasteiger partial charge in [0, 0.05) is 18.3 Å². The van der Waals surface area contributed by atoms with Gasteiger partial charge < -0.3 is 16.2 Å². The third-order valence-electron chi connectivity index (χ3n) is 7.95. The number of nitrogens with one attached hydrogen (secondary N) is 1. The van der Waals surface area contributed by atoms with Gasteiger partial charge in [0.1, 0.15) is 22.1 Å². The zero-order valence-electron chi connectivity index (χ0n) is 31.8. The number of fused-ring (bicyclic) bond motifs is 2. The Balaban J connectivity index is 0.000000255. The van der Waals surface area contributed by atoms with E-state index in [-0.39, 0.29) is 46.4 Å². The number of carboxylic acids is 1. The lowest BCUT2D eigenvalue weighted by Crippen LogP contribution is -2.19. The molecule has 0 unspecified atom stereocenters. The molecule has 320 valence electrons. The summed E-state index contributed by atoms with van der Waals surface area (Å²) >= 11 is 14.6. The van der Waals surface area contributed by atoms with Crippen molar-refractivity contribution in [1.82, 2.24) is 29.1 Å². The van der Waals surface area contributed by atoms with Gasteiger partial charge in [0.2, 0.25) is 14.2 Å². The molecule has 0 aliphatic carbocycles. The van der Waals surface area contributed by atoms with Gasteiger partial charge in [-0.3, -0.25) is 23.5 Å². The summed E-state index contributed by atoms with van der Waals surface area (Å²) in [6.07, 6.45) is 2.80. The Morgan fingerprint density at radius 1 is 0.738 bits per heavy atom. The third kappa shape index (κ3) is 12.3. The number of hydrogen-bond acceptors (Lipinski definition) is 13. The van der Waals surface area contributed by atoms with Crippen molar-refractivity contribution >= 4 is 98.9 Å². The second kappa shape index (κ2) is 22.0. The minimum Gasteiger partial charge on any atom is -0.481 e. The quantitative estimate of drug-likeness (QED) is 0.133. The number of aryl methyl sites for hydroxylation is 2. The molecule has 0 bridgehead atoms. The summed E-state index contributed by atoms with van der Waals surface area (Å²) in [5.74, 6) is -0.912. The number of carboxylic acid groups (broad SMARTS) is 1. The van der Waals surface area contributed by atoms with Crippen molar-refractivity contribution in [3.63, 3.8) is 0 Å². The summed E-state index contributed by atoms with van der Waals surface area (Å²) in [6, 6.07) is 30.0. The van der Waals surface area contributed by atoms with Gasteiger partial charge in [0.25, 0.3) is 17.1 Å². The maximum Gasteiger partial charge on any atom is 0.300 e. The van der Waals surface area contributed by atoms with E-state index in [1.54, 1.807) is 18.2 Å². The van der Waals surface area contributed by atoms with Gasteiger partial charge in [-0.25, -0.2) is 23.4 Å². The molecule has 0 atom stereocenters. The second-order valence-corrected chi connectivity index (χ2v) is 17.5. The molecule has 4 N–H and O–H groups in total. The number of thiazole rings is 2. The van der Waals surface area contributed by atoms with Crippen LogP contribution in [0.3, 0.4) is 0 Å². The smallest absolute Gasteiger partial charge is 0.300 e. The Bertz CT molecular complexity index is 2930. The number of anilines is 3. The number of nitrogens with zero attached hydrogens (tertiary/aromatic N) is 6. The highest BCUT2D eigenvalue weighted by molar-refractivity contribution is 7.93. The number of benzene rings is 4. The van der Waals surface area contributed by atoms with E-state index in [9.17, 15) is 18.0 Å². The van der Waals surface area contributed by atoms with E-state index in [0.717, 1.165) is 40.8 Å². The molecular formula is C42H44Cl2N8O6S3. The molecule has 4 heterocycles. The van der Waals surface area contributed by atoms with E-state index in [2.05, 4.69) is 25.3 Å². The van der Waals surface area contributed by atoms with Crippen LogP contribution < -0.4 is 22.2 Å². The first-order valence-corrected chi connectivity index (χ1v) is 21.5. The molecule has 0 saturated heterocycles. The van der Waals surface area contributed by atoms with Gasteiger partial charge in [-0.2, -0.15) is 4.98 Å². The highest BCUT2D eigenvalue weighted by Gasteiger charge is 2.21. The Kier molecular flexibility index (Phi) is 17.8. The van der Waals surface area contributed by atoms with Crippen molar-refractivity contribution in [1.29, 1.82) is 0 Å². The highest BCUT2D eigenvalue weighted by atomic mass is 35.5. The predicted molar refractivity (Wildman–Crippen MR) is 251 cm³/mol. The van der Waals surface area contributed by atoms with Crippen molar-refractivity contribution in [3.8, 4) is 11.4 Å². The van der Waals surface area contributed by atoms with Crippen LogP contribution >= 0.6 is 45.9 Å². The molecule has 0 amide bonds. The maximum atomic E-state index is 12.9. The average molecular weight is 924 g/mol. The van der Waals surface area contributed by atoms with E-state index in [0.29, 0.717) is 36.9 Å². The summed E-state index contributed by atoms with van der Waals surface area (Å²) in [7, 11) is -3.48. The van der Waals surface area contributed by atoms with Crippen LogP contribution in [0.5, 0.6) is 0 Å². The lowest BCUT2D eigenvalue weighted by molar-refractivity contribution is -0.134. The summed E-state index contributed by atoms with van der Waals surface area (Å²) in [5.41, 5.74) is 9.97. The van der Waals surface area contributed by atoms with Crippen LogP contribution in [0, 0.1) is 13.8 Å². The van der Waals surface area contributed by atoms with Crippen LogP contribution in [-0.4, -0.2) is 54.3 Å². The normalized spacial score (nSPS) is 10.4. The van der Waals surface area contributed by atoms with E-state index in [1.165, 1.54) is 40.0 Å². The third-order valence-corrected chi connectivity index (χ3v) is 12.7. The van der Waals surface area contributed by atoms with Gasteiger partial charge in [-0.15, -0.1) is 0 Å². The first-order chi connectivity index (χ1) is 28.1. The van der Waals surface area contributed by atoms with Crippen LogP contribution in [0.2, 0.25) is 10.0 Å². The molecule has 8 rings (SSSR count). The number of para-hydroxylation sites is 4. The Labute approximate surface area is 370 Å².